The minimum absolute atomic E-state index is 0.0398. The molecule has 186 valence electrons. The van der Waals surface area contributed by atoms with Gasteiger partial charge in [0.25, 0.3) is 0 Å². The van der Waals surface area contributed by atoms with Gasteiger partial charge in [-0.1, -0.05) is 19.4 Å². The lowest BCUT2D eigenvalue weighted by molar-refractivity contribution is 0.209. The van der Waals surface area contributed by atoms with Crippen molar-refractivity contribution < 1.29 is 14.6 Å². The van der Waals surface area contributed by atoms with E-state index in [-0.39, 0.29) is 5.95 Å². The Hall–Kier alpha value is -3.18. The second-order valence-electron chi connectivity index (χ2n) is 8.44. The maximum absolute atomic E-state index is 11.3. The molecule has 4 rings (SSSR count). The number of hydrogen-bond acceptors (Lipinski definition) is 8. The molecule has 0 saturated carbocycles. The molecule has 1 amide bonds. The Labute approximate surface area is 208 Å². The van der Waals surface area contributed by atoms with Crippen molar-refractivity contribution in [3.05, 3.63) is 34.3 Å². The standard InChI is InChI=1S/C24H31N7O3S/c1-6-30(7-2)9-8-16-10-17-19-21(26-23(28-24(32)33)27-22(19)35-13-16)31(29-17)12-18-15(4)20(34-5)14(3)11-25-18/h10-11H,6-9,12-13H2,1-5H3,(H,32,33)(H,26,27,28). The van der Waals surface area contributed by atoms with Crippen molar-refractivity contribution >= 4 is 40.9 Å². The van der Waals surface area contributed by atoms with E-state index in [1.54, 1.807) is 29.8 Å². The smallest absolute Gasteiger partial charge is 0.411 e. The topological polar surface area (TPSA) is 118 Å². The first kappa shape index (κ1) is 24.9. The van der Waals surface area contributed by atoms with Gasteiger partial charge in [-0.3, -0.25) is 10.3 Å². The number of nitrogens with zero attached hydrogens (tertiary/aromatic N) is 6. The average Bonchev–Trinajstić information content (AvgIpc) is 3.05. The van der Waals surface area contributed by atoms with Gasteiger partial charge in [0.05, 0.1) is 30.4 Å². The maximum Gasteiger partial charge on any atom is 0.411 e. The summed E-state index contributed by atoms with van der Waals surface area (Å²) in [6.07, 6.45) is 3.64. The van der Waals surface area contributed by atoms with Crippen LogP contribution in [-0.4, -0.2) is 73.3 Å². The molecule has 1 aliphatic heterocycles. The summed E-state index contributed by atoms with van der Waals surface area (Å²) in [6, 6.07) is 0. The summed E-state index contributed by atoms with van der Waals surface area (Å²) in [4.78, 5) is 27.3. The minimum Gasteiger partial charge on any atom is -0.496 e. The lowest BCUT2D eigenvalue weighted by atomic mass is 10.1. The Morgan fingerprint density at radius 3 is 2.74 bits per heavy atom. The highest BCUT2D eigenvalue weighted by molar-refractivity contribution is 7.99. The molecule has 35 heavy (non-hydrogen) atoms. The largest absolute Gasteiger partial charge is 0.496 e. The summed E-state index contributed by atoms with van der Waals surface area (Å²) in [5.74, 6) is 1.61. The molecule has 3 aromatic heterocycles. The predicted octanol–water partition coefficient (Wildman–Crippen LogP) is 4.21. The number of pyridine rings is 1. The quantitative estimate of drug-likeness (QED) is 0.419. The number of anilines is 1. The van der Waals surface area contributed by atoms with Crippen LogP contribution in [0, 0.1) is 13.8 Å². The number of aryl methyl sites for hydroxylation is 1. The highest BCUT2D eigenvalue weighted by atomic mass is 32.2. The van der Waals surface area contributed by atoms with Crippen LogP contribution in [0.3, 0.4) is 0 Å². The number of amides is 1. The Balaban J connectivity index is 1.78. The molecule has 0 aliphatic carbocycles. The molecule has 4 heterocycles. The van der Waals surface area contributed by atoms with E-state index >= 15 is 0 Å². The van der Waals surface area contributed by atoms with Crippen molar-refractivity contribution in [2.24, 2.45) is 0 Å². The van der Waals surface area contributed by atoms with Crippen molar-refractivity contribution in [2.45, 2.75) is 45.7 Å². The molecule has 0 spiro atoms. The van der Waals surface area contributed by atoms with Crippen LogP contribution in [0.4, 0.5) is 10.7 Å². The molecule has 0 radical (unpaired) electrons. The summed E-state index contributed by atoms with van der Waals surface area (Å²) in [5, 5.41) is 18.0. The van der Waals surface area contributed by atoms with Crippen LogP contribution in [0.2, 0.25) is 0 Å². The molecule has 0 aromatic carbocycles. The zero-order chi connectivity index (χ0) is 25.1. The van der Waals surface area contributed by atoms with E-state index in [9.17, 15) is 9.90 Å². The Bertz CT molecular complexity index is 1280. The van der Waals surface area contributed by atoms with Crippen molar-refractivity contribution in [1.29, 1.82) is 0 Å². The van der Waals surface area contributed by atoms with Crippen LogP contribution >= 0.6 is 11.8 Å². The van der Waals surface area contributed by atoms with Gasteiger partial charge in [0.15, 0.2) is 5.65 Å². The van der Waals surface area contributed by atoms with E-state index in [4.69, 9.17) is 9.84 Å². The normalized spacial score (nSPS) is 13.1. The van der Waals surface area contributed by atoms with Crippen LogP contribution < -0.4 is 10.1 Å². The summed E-state index contributed by atoms with van der Waals surface area (Å²) in [7, 11) is 1.65. The van der Waals surface area contributed by atoms with Crippen molar-refractivity contribution in [3.8, 4) is 5.75 Å². The number of carbonyl (C=O) groups is 1. The second kappa shape index (κ2) is 10.6. The molecule has 0 saturated heterocycles. The number of ether oxygens (including phenoxy) is 1. The Morgan fingerprint density at radius 2 is 2.06 bits per heavy atom. The molecular weight excluding hydrogens is 466 g/mol. The number of nitrogens with one attached hydrogen (secondary N) is 1. The van der Waals surface area contributed by atoms with Crippen LogP contribution in [-0.2, 0) is 6.54 Å². The fraction of sp³-hybridized carbons (Fsp3) is 0.458. The van der Waals surface area contributed by atoms with Gasteiger partial charge in [-0.15, -0.1) is 11.8 Å². The third kappa shape index (κ3) is 5.25. The van der Waals surface area contributed by atoms with Crippen LogP contribution in [0.15, 0.2) is 16.8 Å². The number of aromatic nitrogens is 5. The first-order chi connectivity index (χ1) is 16.8. The SMILES string of the molecule is CCN(CC)CCC1=Cc2nn(Cc3ncc(C)c(OC)c3C)c3nc(NC(=O)O)nc(c23)SC1. The van der Waals surface area contributed by atoms with E-state index in [2.05, 4.69) is 45.1 Å². The van der Waals surface area contributed by atoms with E-state index in [1.807, 2.05) is 13.8 Å². The summed E-state index contributed by atoms with van der Waals surface area (Å²) in [5.41, 5.74) is 5.35. The van der Waals surface area contributed by atoms with Crippen molar-refractivity contribution in [2.75, 3.05) is 37.8 Å². The van der Waals surface area contributed by atoms with Gasteiger partial charge in [-0.2, -0.15) is 10.1 Å². The fourth-order valence-electron chi connectivity index (χ4n) is 4.29. The number of hydrogen-bond donors (Lipinski definition) is 2. The summed E-state index contributed by atoms with van der Waals surface area (Å²) < 4.78 is 7.34. The fourth-order valence-corrected chi connectivity index (χ4v) is 5.33. The average molecular weight is 498 g/mol. The third-order valence-corrected chi connectivity index (χ3v) is 7.32. The van der Waals surface area contributed by atoms with Gasteiger partial charge in [-0.25, -0.2) is 14.5 Å². The van der Waals surface area contributed by atoms with Crippen LogP contribution in [0.25, 0.3) is 17.1 Å². The first-order valence-corrected chi connectivity index (χ1v) is 12.6. The zero-order valence-electron chi connectivity index (χ0n) is 20.8. The summed E-state index contributed by atoms with van der Waals surface area (Å²) in [6.45, 7) is 11.6. The third-order valence-electron chi connectivity index (χ3n) is 6.23. The number of rotatable bonds is 9. The highest BCUT2D eigenvalue weighted by Crippen LogP contribution is 2.36. The molecule has 0 atom stereocenters. The number of thioether (sulfide) groups is 1. The zero-order valence-corrected chi connectivity index (χ0v) is 21.6. The van der Waals surface area contributed by atoms with Gasteiger partial charge < -0.3 is 14.7 Å². The molecular formula is C24H31N7O3S. The summed E-state index contributed by atoms with van der Waals surface area (Å²) >= 11 is 1.59. The van der Waals surface area contributed by atoms with E-state index in [0.29, 0.717) is 12.2 Å². The minimum atomic E-state index is -1.21. The molecule has 3 aromatic rings. The number of methoxy groups -OCH3 is 1. The lowest BCUT2D eigenvalue weighted by Crippen LogP contribution is -2.24. The molecule has 0 fully saturated rings. The molecule has 0 unspecified atom stereocenters. The lowest BCUT2D eigenvalue weighted by Gasteiger charge is -2.18. The highest BCUT2D eigenvalue weighted by Gasteiger charge is 2.23. The van der Waals surface area contributed by atoms with Gasteiger partial charge >= 0.3 is 6.09 Å². The van der Waals surface area contributed by atoms with Gasteiger partial charge in [-0.05, 0) is 39.4 Å². The van der Waals surface area contributed by atoms with Crippen molar-refractivity contribution in [1.82, 2.24) is 29.6 Å². The number of carboxylic acid groups (broad SMARTS) is 1. The van der Waals surface area contributed by atoms with Crippen molar-refractivity contribution in [3.63, 3.8) is 0 Å². The first-order valence-electron chi connectivity index (χ1n) is 11.7. The van der Waals surface area contributed by atoms with Gasteiger partial charge in [0.1, 0.15) is 10.8 Å². The second-order valence-corrected chi connectivity index (χ2v) is 9.40. The Morgan fingerprint density at radius 1 is 1.29 bits per heavy atom. The Kier molecular flexibility index (Phi) is 7.56. The monoisotopic (exact) mass is 497 g/mol. The van der Waals surface area contributed by atoms with E-state index < -0.39 is 6.09 Å². The van der Waals surface area contributed by atoms with Gasteiger partial charge in [0, 0.05) is 29.6 Å². The van der Waals surface area contributed by atoms with E-state index in [1.165, 1.54) is 5.57 Å². The van der Waals surface area contributed by atoms with Crippen LogP contribution in [0.5, 0.6) is 5.75 Å². The van der Waals surface area contributed by atoms with Gasteiger partial charge in [0.2, 0.25) is 5.95 Å². The molecule has 1 aliphatic rings. The molecule has 10 nitrogen and oxygen atoms in total. The predicted molar refractivity (Wildman–Crippen MR) is 137 cm³/mol. The molecule has 0 bridgehead atoms. The maximum atomic E-state index is 11.3. The van der Waals surface area contributed by atoms with E-state index in [0.717, 1.165) is 70.5 Å². The molecule has 11 heteroatoms. The van der Waals surface area contributed by atoms with Crippen LogP contribution in [0.1, 0.15) is 42.8 Å². The molecule has 2 N–H and O–H groups in total.